The quantitative estimate of drug-likeness (QED) is 0.738. The van der Waals surface area contributed by atoms with E-state index in [1.165, 1.54) is 41.6 Å². The first kappa shape index (κ1) is 20.6. The summed E-state index contributed by atoms with van der Waals surface area (Å²) < 4.78 is 65.3. The monoisotopic (exact) mass is 440 g/mol. The highest BCUT2D eigenvalue weighted by atomic mass is 32.2. The summed E-state index contributed by atoms with van der Waals surface area (Å²) in [6.45, 7) is 0. The number of anilines is 1. The summed E-state index contributed by atoms with van der Waals surface area (Å²) in [6.07, 6.45) is -0.290. The zero-order valence-electron chi connectivity index (χ0n) is 15.7. The summed E-state index contributed by atoms with van der Waals surface area (Å²) >= 11 is 0. The normalized spacial score (nSPS) is 24.0. The summed E-state index contributed by atoms with van der Waals surface area (Å²) in [6, 6.07) is 4.91. The maximum absolute atomic E-state index is 13.2. The molecule has 2 aromatic rings. The Balaban J connectivity index is 1.52. The number of fused-ring (bicyclic) bond motifs is 2. The van der Waals surface area contributed by atoms with Gasteiger partial charge in [-0.2, -0.15) is 13.2 Å². The second-order valence-corrected chi connectivity index (χ2v) is 9.56. The third-order valence-corrected chi connectivity index (χ3v) is 7.62. The van der Waals surface area contributed by atoms with Crippen LogP contribution in [0.5, 0.6) is 0 Å². The molecule has 1 N–H and O–H groups in total. The van der Waals surface area contributed by atoms with Crippen molar-refractivity contribution in [3.63, 3.8) is 0 Å². The number of piperidine rings is 1. The fraction of sp³-hybridized carbons (Fsp3) is 0.421. The number of hydrogen-bond acceptors (Lipinski definition) is 5. The molecule has 1 aromatic carbocycles. The van der Waals surface area contributed by atoms with Crippen molar-refractivity contribution in [3.8, 4) is 0 Å². The van der Waals surface area contributed by atoms with Gasteiger partial charge in [0.05, 0.1) is 16.5 Å². The van der Waals surface area contributed by atoms with Gasteiger partial charge in [0.1, 0.15) is 0 Å². The lowest BCUT2D eigenvalue weighted by atomic mass is 10.0. The van der Waals surface area contributed by atoms with Crippen molar-refractivity contribution in [2.75, 3.05) is 5.32 Å². The van der Waals surface area contributed by atoms with Gasteiger partial charge in [0.25, 0.3) is 0 Å². The molecule has 2 aliphatic heterocycles. The Labute approximate surface area is 171 Å². The number of halogens is 3. The number of alkyl halides is 3. The topological polar surface area (TPSA) is 92.3 Å². The molecular weight excluding hydrogens is 421 g/mol. The Morgan fingerprint density at radius 1 is 1.03 bits per heavy atom. The van der Waals surface area contributed by atoms with Crippen LogP contribution in [0, 0.1) is 0 Å². The van der Waals surface area contributed by atoms with Crippen molar-refractivity contribution in [1.82, 2.24) is 14.9 Å². The Kier molecular flexibility index (Phi) is 5.16. The third kappa shape index (κ3) is 3.73. The second kappa shape index (κ2) is 7.53. The Morgan fingerprint density at radius 3 is 2.23 bits per heavy atom. The van der Waals surface area contributed by atoms with Gasteiger partial charge in [-0.15, -0.1) is 0 Å². The van der Waals surface area contributed by atoms with E-state index >= 15 is 0 Å². The van der Waals surface area contributed by atoms with Crippen LogP contribution in [0.2, 0.25) is 0 Å². The van der Waals surface area contributed by atoms with Crippen LogP contribution in [0.3, 0.4) is 0 Å². The van der Waals surface area contributed by atoms with Gasteiger partial charge in [0, 0.05) is 24.5 Å². The molecule has 0 saturated carbocycles. The van der Waals surface area contributed by atoms with Gasteiger partial charge in [-0.05, 0) is 43.9 Å². The summed E-state index contributed by atoms with van der Waals surface area (Å²) in [5, 5.41) is 1.39. The van der Waals surface area contributed by atoms with Crippen LogP contribution in [0.15, 0.2) is 47.9 Å². The molecule has 4 rings (SSSR count). The van der Waals surface area contributed by atoms with E-state index in [4.69, 9.17) is 0 Å². The molecule has 1 aromatic heterocycles. The summed E-state index contributed by atoms with van der Waals surface area (Å²) in [5.41, 5.74) is -1.24. The standard InChI is InChI=1S/C19H19F3N4O3S/c20-19(21,22)15-4-1-2-5-16(15)25-18(27)26-12-6-7-13(26)11-14(10-12)30(28,29)17-23-8-3-9-24-17/h1-5,8-9,12-14H,6-7,10-11H2,(H,25,27). The average Bonchev–Trinajstić information content (AvgIpc) is 2.97. The lowest BCUT2D eigenvalue weighted by molar-refractivity contribution is -0.136. The van der Waals surface area contributed by atoms with Gasteiger partial charge in [0.15, 0.2) is 0 Å². The van der Waals surface area contributed by atoms with Crippen molar-refractivity contribution in [3.05, 3.63) is 48.3 Å². The number of urea groups is 1. The first-order chi connectivity index (χ1) is 14.2. The van der Waals surface area contributed by atoms with Gasteiger partial charge < -0.3 is 10.2 Å². The summed E-state index contributed by atoms with van der Waals surface area (Å²) in [5.74, 6) is 0. The van der Waals surface area contributed by atoms with Gasteiger partial charge >= 0.3 is 12.2 Å². The summed E-state index contributed by atoms with van der Waals surface area (Å²) in [7, 11) is -3.75. The van der Waals surface area contributed by atoms with E-state index in [9.17, 15) is 26.4 Å². The van der Waals surface area contributed by atoms with Crippen LogP contribution in [0.25, 0.3) is 0 Å². The molecule has 3 heterocycles. The van der Waals surface area contributed by atoms with E-state index in [1.54, 1.807) is 0 Å². The molecule has 11 heteroatoms. The lowest BCUT2D eigenvalue weighted by Crippen LogP contribution is -2.51. The fourth-order valence-corrected chi connectivity index (χ4v) is 5.98. The summed E-state index contributed by atoms with van der Waals surface area (Å²) in [4.78, 5) is 22.0. The highest BCUT2D eigenvalue weighted by Gasteiger charge is 2.48. The molecular formula is C19H19F3N4O3S. The van der Waals surface area contributed by atoms with E-state index in [-0.39, 0.29) is 35.8 Å². The second-order valence-electron chi connectivity index (χ2n) is 7.44. The van der Waals surface area contributed by atoms with E-state index < -0.39 is 32.9 Å². The number of carbonyl (C=O) groups is 1. The molecule has 2 bridgehead atoms. The Hall–Kier alpha value is -2.69. The molecule has 2 fully saturated rings. The lowest BCUT2D eigenvalue weighted by Gasteiger charge is -2.38. The van der Waals surface area contributed by atoms with Crippen molar-refractivity contribution >= 4 is 21.6 Å². The Bertz CT molecular complexity index is 1030. The molecule has 2 aliphatic rings. The maximum atomic E-state index is 13.2. The number of para-hydroxylation sites is 1. The van der Waals surface area contributed by atoms with Crippen molar-refractivity contribution < 1.29 is 26.4 Å². The minimum absolute atomic E-state index is 0.200. The van der Waals surface area contributed by atoms with Crippen LogP contribution >= 0.6 is 0 Å². The highest BCUT2D eigenvalue weighted by Crippen LogP contribution is 2.40. The minimum atomic E-state index is -4.60. The number of nitrogens with zero attached hydrogens (tertiary/aromatic N) is 3. The number of rotatable bonds is 3. The van der Waals surface area contributed by atoms with E-state index in [1.807, 2.05) is 0 Å². The molecule has 30 heavy (non-hydrogen) atoms. The molecule has 0 spiro atoms. The van der Waals surface area contributed by atoms with Crippen molar-refractivity contribution in [2.45, 2.75) is 54.3 Å². The minimum Gasteiger partial charge on any atom is -0.318 e. The Morgan fingerprint density at radius 2 is 1.63 bits per heavy atom. The first-order valence-electron chi connectivity index (χ1n) is 9.44. The van der Waals surface area contributed by atoms with E-state index in [2.05, 4.69) is 15.3 Å². The highest BCUT2D eigenvalue weighted by molar-refractivity contribution is 7.91. The van der Waals surface area contributed by atoms with Gasteiger partial charge in [-0.1, -0.05) is 12.1 Å². The smallest absolute Gasteiger partial charge is 0.318 e. The maximum Gasteiger partial charge on any atom is 0.418 e. The van der Waals surface area contributed by atoms with Crippen LogP contribution in [0.4, 0.5) is 23.7 Å². The molecule has 0 radical (unpaired) electrons. The van der Waals surface area contributed by atoms with Crippen LogP contribution in [0.1, 0.15) is 31.2 Å². The molecule has 160 valence electrons. The molecule has 2 saturated heterocycles. The average molecular weight is 440 g/mol. The van der Waals surface area contributed by atoms with Crippen LogP contribution in [-0.2, 0) is 16.0 Å². The number of nitrogens with one attached hydrogen (secondary N) is 1. The van der Waals surface area contributed by atoms with E-state index in [0.29, 0.717) is 12.8 Å². The van der Waals surface area contributed by atoms with Gasteiger partial charge in [-0.3, -0.25) is 0 Å². The predicted molar refractivity (Wildman–Crippen MR) is 101 cm³/mol. The number of hydrogen-bond donors (Lipinski definition) is 1. The number of carbonyl (C=O) groups excluding carboxylic acids is 1. The zero-order chi connectivity index (χ0) is 21.5. The van der Waals surface area contributed by atoms with Gasteiger partial charge in [-0.25, -0.2) is 23.2 Å². The largest absolute Gasteiger partial charge is 0.418 e. The fourth-order valence-electron chi connectivity index (χ4n) is 4.31. The number of benzene rings is 1. The molecule has 2 atom stereocenters. The van der Waals surface area contributed by atoms with Crippen LogP contribution < -0.4 is 5.32 Å². The SMILES string of the molecule is O=C(Nc1ccccc1C(F)(F)F)N1C2CCC1CC(S(=O)(=O)c1ncccn1)C2. The zero-order valence-corrected chi connectivity index (χ0v) is 16.5. The predicted octanol–water partition coefficient (Wildman–Crippen LogP) is 3.50. The molecule has 2 amide bonds. The van der Waals surface area contributed by atoms with E-state index in [0.717, 1.165) is 6.07 Å². The number of aromatic nitrogens is 2. The third-order valence-electron chi connectivity index (χ3n) is 5.63. The first-order valence-corrected chi connectivity index (χ1v) is 11.0. The number of sulfone groups is 1. The van der Waals surface area contributed by atoms with Gasteiger partial charge in [0.2, 0.25) is 15.0 Å². The molecule has 2 unspecified atom stereocenters. The van der Waals surface area contributed by atoms with Crippen molar-refractivity contribution in [2.24, 2.45) is 0 Å². The molecule has 0 aliphatic carbocycles. The number of amides is 2. The molecule has 7 nitrogen and oxygen atoms in total. The van der Waals surface area contributed by atoms with Crippen LogP contribution in [-0.4, -0.2) is 46.7 Å². The van der Waals surface area contributed by atoms with Crippen molar-refractivity contribution in [1.29, 1.82) is 0 Å².